The summed E-state index contributed by atoms with van der Waals surface area (Å²) in [5, 5.41) is 0. The lowest BCUT2D eigenvalue weighted by Crippen LogP contribution is -2.52. The predicted molar refractivity (Wildman–Crippen MR) is 98.7 cm³/mol. The summed E-state index contributed by atoms with van der Waals surface area (Å²) in [5.74, 6) is 0.989. The Morgan fingerprint density at radius 1 is 0.958 bits per heavy atom. The van der Waals surface area contributed by atoms with E-state index in [-0.39, 0.29) is 5.75 Å². The Kier molecular flexibility index (Phi) is 5.95. The van der Waals surface area contributed by atoms with Crippen molar-refractivity contribution in [2.45, 2.75) is 51.0 Å². The van der Waals surface area contributed by atoms with Crippen molar-refractivity contribution >= 4 is 10.0 Å². The Labute approximate surface area is 146 Å². The first-order valence-electron chi connectivity index (χ1n) is 9.37. The molecule has 0 aromatic heterocycles. The molecule has 1 aliphatic carbocycles. The summed E-state index contributed by atoms with van der Waals surface area (Å²) in [6.45, 7) is 5.05. The lowest BCUT2D eigenvalue weighted by atomic mass is 9.81. The first kappa shape index (κ1) is 17.9. The third-order valence-electron chi connectivity index (χ3n) is 5.61. The molecular formula is C19H30N2O2S. The van der Waals surface area contributed by atoms with Gasteiger partial charge in [-0.2, -0.15) is 4.31 Å². The van der Waals surface area contributed by atoms with Crippen molar-refractivity contribution in [2.24, 2.45) is 0 Å². The monoisotopic (exact) mass is 350 g/mol. The van der Waals surface area contributed by atoms with E-state index in [4.69, 9.17) is 0 Å². The van der Waals surface area contributed by atoms with Gasteiger partial charge in [0.1, 0.15) is 0 Å². The van der Waals surface area contributed by atoms with Crippen LogP contribution in [0.15, 0.2) is 30.3 Å². The molecule has 1 aliphatic heterocycles. The molecule has 0 spiro atoms. The van der Waals surface area contributed by atoms with E-state index in [0.29, 0.717) is 31.5 Å². The molecule has 0 amide bonds. The van der Waals surface area contributed by atoms with Gasteiger partial charge in [-0.15, -0.1) is 0 Å². The van der Waals surface area contributed by atoms with Crippen LogP contribution in [0.3, 0.4) is 0 Å². The molecule has 1 aromatic rings. The average Bonchev–Trinajstić information content (AvgIpc) is 2.63. The number of benzene rings is 1. The van der Waals surface area contributed by atoms with Crippen molar-refractivity contribution in [1.29, 1.82) is 0 Å². The fraction of sp³-hybridized carbons (Fsp3) is 0.684. The highest BCUT2D eigenvalue weighted by Crippen LogP contribution is 2.35. The van der Waals surface area contributed by atoms with E-state index in [0.717, 1.165) is 13.1 Å². The lowest BCUT2D eigenvalue weighted by molar-refractivity contribution is 0.107. The van der Waals surface area contributed by atoms with Crippen LogP contribution in [0.4, 0.5) is 0 Å². The van der Waals surface area contributed by atoms with E-state index in [1.54, 1.807) is 4.31 Å². The number of sulfonamides is 1. The summed E-state index contributed by atoms with van der Waals surface area (Å²) in [4.78, 5) is 2.53. The first-order valence-corrected chi connectivity index (χ1v) is 11.0. The lowest BCUT2D eigenvalue weighted by Gasteiger charge is -2.41. The molecule has 1 saturated heterocycles. The number of hydrogen-bond acceptors (Lipinski definition) is 3. The summed E-state index contributed by atoms with van der Waals surface area (Å²) >= 11 is 0. The second kappa shape index (κ2) is 7.98. The zero-order chi connectivity index (χ0) is 17.0. The van der Waals surface area contributed by atoms with Crippen molar-refractivity contribution in [2.75, 3.05) is 31.9 Å². The second-order valence-corrected chi connectivity index (χ2v) is 9.26. The Morgan fingerprint density at radius 2 is 1.58 bits per heavy atom. The molecular weight excluding hydrogens is 320 g/mol. The molecule has 3 rings (SSSR count). The molecule has 1 heterocycles. The maximum Gasteiger partial charge on any atom is 0.214 e. The third kappa shape index (κ3) is 4.19. The molecule has 0 N–H and O–H groups in total. The quantitative estimate of drug-likeness (QED) is 0.819. The summed E-state index contributed by atoms with van der Waals surface area (Å²) < 4.78 is 26.0. The summed E-state index contributed by atoms with van der Waals surface area (Å²) in [6.07, 6.45) is 5.68. The largest absolute Gasteiger partial charge is 0.298 e. The smallest absolute Gasteiger partial charge is 0.214 e. The maximum absolute atomic E-state index is 12.2. The Hall–Kier alpha value is -0.910. The Bertz CT molecular complexity index is 602. The minimum absolute atomic E-state index is 0.287. The van der Waals surface area contributed by atoms with Crippen molar-refractivity contribution in [3.8, 4) is 0 Å². The number of piperazine rings is 1. The molecule has 2 aliphatic rings. The van der Waals surface area contributed by atoms with Gasteiger partial charge in [-0.05, 0) is 43.6 Å². The van der Waals surface area contributed by atoms with Crippen molar-refractivity contribution in [1.82, 2.24) is 9.21 Å². The van der Waals surface area contributed by atoms with Crippen LogP contribution in [-0.2, 0) is 10.0 Å². The minimum atomic E-state index is -3.03. The van der Waals surface area contributed by atoms with Crippen LogP contribution in [0.2, 0.25) is 0 Å². The predicted octanol–water partition coefficient (Wildman–Crippen LogP) is 3.07. The van der Waals surface area contributed by atoms with E-state index < -0.39 is 10.0 Å². The Balaban J connectivity index is 1.48. The van der Waals surface area contributed by atoms with Gasteiger partial charge < -0.3 is 0 Å². The van der Waals surface area contributed by atoms with E-state index in [9.17, 15) is 8.42 Å². The third-order valence-corrected chi connectivity index (χ3v) is 7.69. The summed E-state index contributed by atoms with van der Waals surface area (Å²) in [6, 6.07) is 11.5. The van der Waals surface area contributed by atoms with Gasteiger partial charge in [-0.3, -0.25) is 4.90 Å². The molecule has 1 aromatic carbocycles. The van der Waals surface area contributed by atoms with Gasteiger partial charge in [0.2, 0.25) is 10.0 Å². The maximum atomic E-state index is 12.2. The number of rotatable bonds is 5. The van der Waals surface area contributed by atoms with Gasteiger partial charge >= 0.3 is 0 Å². The molecule has 0 unspecified atom stereocenters. The van der Waals surface area contributed by atoms with Crippen LogP contribution < -0.4 is 0 Å². The van der Waals surface area contributed by atoms with Gasteiger partial charge in [0.15, 0.2) is 0 Å². The van der Waals surface area contributed by atoms with Gasteiger partial charge in [-0.1, -0.05) is 37.3 Å². The van der Waals surface area contributed by atoms with Gasteiger partial charge in [0, 0.05) is 32.2 Å². The fourth-order valence-corrected chi connectivity index (χ4v) is 5.73. The molecule has 0 radical (unpaired) electrons. The van der Waals surface area contributed by atoms with Gasteiger partial charge in [0.25, 0.3) is 0 Å². The van der Waals surface area contributed by atoms with Crippen LogP contribution in [0, 0.1) is 0 Å². The number of nitrogens with zero attached hydrogens (tertiary/aromatic N) is 2. The molecule has 0 bridgehead atoms. The highest BCUT2D eigenvalue weighted by atomic mass is 32.2. The molecule has 1 saturated carbocycles. The van der Waals surface area contributed by atoms with Crippen LogP contribution in [0.1, 0.15) is 50.5 Å². The topological polar surface area (TPSA) is 40.6 Å². The summed E-state index contributed by atoms with van der Waals surface area (Å²) in [5.41, 5.74) is 1.48. The Morgan fingerprint density at radius 3 is 2.17 bits per heavy atom. The van der Waals surface area contributed by atoms with Crippen molar-refractivity contribution in [3.05, 3.63) is 35.9 Å². The SMILES string of the molecule is CCCS(=O)(=O)N1CCN(C2CCC(c3ccccc3)CC2)CC1. The highest BCUT2D eigenvalue weighted by molar-refractivity contribution is 7.89. The molecule has 24 heavy (non-hydrogen) atoms. The summed E-state index contributed by atoms with van der Waals surface area (Å²) in [7, 11) is -3.03. The van der Waals surface area contributed by atoms with Crippen LogP contribution in [-0.4, -0.2) is 55.6 Å². The number of hydrogen-bond donors (Lipinski definition) is 0. The van der Waals surface area contributed by atoms with Crippen LogP contribution in [0.25, 0.3) is 0 Å². The van der Waals surface area contributed by atoms with Gasteiger partial charge in [0.05, 0.1) is 5.75 Å². The zero-order valence-electron chi connectivity index (χ0n) is 14.7. The zero-order valence-corrected chi connectivity index (χ0v) is 15.5. The molecule has 134 valence electrons. The van der Waals surface area contributed by atoms with Crippen molar-refractivity contribution in [3.63, 3.8) is 0 Å². The van der Waals surface area contributed by atoms with Crippen LogP contribution in [0.5, 0.6) is 0 Å². The molecule has 0 atom stereocenters. The second-order valence-electron chi connectivity index (χ2n) is 7.17. The average molecular weight is 351 g/mol. The molecule has 5 heteroatoms. The first-order chi connectivity index (χ1) is 11.6. The molecule has 4 nitrogen and oxygen atoms in total. The van der Waals surface area contributed by atoms with E-state index in [1.165, 1.54) is 31.2 Å². The standard InChI is InChI=1S/C19H30N2O2S/c1-2-16-24(22,23)21-14-12-20(13-15-21)19-10-8-18(9-11-19)17-6-4-3-5-7-17/h3-7,18-19H,2,8-16H2,1H3. The highest BCUT2D eigenvalue weighted by Gasteiger charge is 2.31. The minimum Gasteiger partial charge on any atom is -0.298 e. The van der Waals surface area contributed by atoms with E-state index in [1.807, 2.05) is 6.92 Å². The van der Waals surface area contributed by atoms with Crippen molar-refractivity contribution < 1.29 is 8.42 Å². The normalized spacial score (nSPS) is 27.2. The fourth-order valence-electron chi connectivity index (χ4n) is 4.23. The van der Waals surface area contributed by atoms with Crippen LogP contribution >= 0.6 is 0 Å². The van der Waals surface area contributed by atoms with E-state index in [2.05, 4.69) is 35.2 Å². The van der Waals surface area contributed by atoms with Gasteiger partial charge in [-0.25, -0.2) is 8.42 Å². The van der Waals surface area contributed by atoms with E-state index >= 15 is 0 Å². The molecule has 2 fully saturated rings.